The number of nitro groups is 2. The van der Waals surface area contributed by atoms with E-state index in [-0.39, 0.29) is 35.5 Å². The van der Waals surface area contributed by atoms with Gasteiger partial charge in [-0.25, -0.2) is 0 Å². The van der Waals surface area contributed by atoms with Crippen molar-refractivity contribution in [2.24, 2.45) is 0 Å². The van der Waals surface area contributed by atoms with Crippen LogP contribution in [0.3, 0.4) is 0 Å². The molecule has 35 heavy (non-hydrogen) atoms. The van der Waals surface area contributed by atoms with Gasteiger partial charge in [-0.3, -0.25) is 34.6 Å². The Labute approximate surface area is 198 Å². The van der Waals surface area contributed by atoms with E-state index in [1.165, 1.54) is 41.3 Å². The lowest BCUT2D eigenvalue weighted by Gasteiger charge is -2.25. The molecule has 1 heterocycles. The van der Waals surface area contributed by atoms with Crippen LogP contribution in [0.15, 0.2) is 54.1 Å². The standard InChI is InChI=1S/C23H21N3O9/c27-18(28)4-2-1-3-13-24-20(14-5-9-16(10-6-14)25(32)33)19(22(30)23(24)31)21(29)15-7-11-17(12-8-15)26(34)35/h5-12,20,29H,1-4,13H2,(H,27,28)/t20-/m1/s1. The summed E-state index contributed by atoms with van der Waals surface area (Å²) in [6, 6.07) is 8.94. The van der Waals surface area contributed by atoms with Gasteiger partial charge in [0.15, 0.2) is 0 Å². The summed E-state index contributed by atoms with van der Waals surface area (Å²) in [6.45, 7) is 0.0862. The second kappa shape index (κ2) is 10.5. The molecule has 1 aliphatic heterocycles. The van der Waals surface area contributed by atoms with Crippen LogP contribution in [0.25, 0.3) is 5.76 Å². The SMILES string of the molecule is O=C(O)CCCCCN1C(=O)C(=O)C(=C(O)c2ccc([N+](=O)[O-])cc2)[C@H]1c1ccc([N+](=O)[O-])cc1. The summed E-state index contributed by atoms with van der Waals surface area (Å²) < 4.78 is 0. The summed E-state index contributed by atoms with van der Waals surface area (Å²) in [5.41, 5.74) is -0.237. The number of hydrogen-bond acceptors (Lipinski definition) is 8. The van der Waals surface area contributed by atoms with Gasteiger partial charge in [0.25, 0.3) is 23.1 Å². The first-order valence-corrected chi connectivity index (χ1v) is 10.6. The highest BCUT2D eigenvalue weighted by Gasteiger charge is 2.45. The van der Waals surface area contributed by atoms with Gasteiger partial charge in [-0.05, 0) is 42.7 Å². The molecule has 12 heteroatoms. The van der Waals surface area contributed by atoms with Crippen molar-refractivity contribution in [1.29, 1.82) is 0 Å². The zero-order valence-electron chi connectivity index (χ0n) is 18.3. The van der Waals surface area contributed by atoms with Crippen LogP contribution in [0.2, 0.25) is 0 Å². The van der Waals surface area contributed by atoms with E-state index in [4.69, 9.17) is 5.11 Å². The summed E-state index contributed by atoms with van der Waals surface area (Å²) in [6.07, 6.45) is 1.21. The van der Waals surface area contributed by atoms with E-state index in [1.54, 1.807) is 0 Å². The van der Waals surface area contributed by atoms with Gasteiger partial charge < -0.3 is 15.1 Å². The van der Waals surface area contributed by atoms with Gasteiger partial charge in [0, 0.05) is 42.8 Å². The molecule has 0 spiro atoms. The van der Waals surface area contributed by atoms with Crippen LogP contribution in [0.1, 0.15) is 42.9 Å². The number of aliphatic hydroxyl groups excluding tert-OH is 1. The Morgan fingerprint density at radius 3 is 1.91 bits per heavy atom. The molecule has 182 valence electrons. The number of aliphatic carboxylic acids is 1. The number of benzene rings is 2. The Morgan fingerprint density at radius 1 is 0.857 bits per heavy atom. The monoisotopic (exact) mass is 483 g/mol. The topological polar surface area (TPSA) is 181 Å². The van der Waals surface area contributed by atoms with Gasteiger partial charge in [-0.1, -0.05) is 6.42 Å². The average molecular weight is 483 g/mol. The summed E-state index contributed by atoms with van der Waals surface area (Å²) in [4.78, 5) is 58.5. The minimum Gasteiger partial charge on any atom is -0.507 e. The summed E-state index contributed by atoms with van der Waals surface area (Å²) in [7, 11) is 0. The lowest BCUT2D eigenvalue weighted by Crippen LogP contribution is -2.30. The number of amides is 1. The summed E-state index contributed by atoms with van der Waals surface area (Å²) in [5.74, 6) is -3.32. The molecule has 1 saturated heterocycles. The maximum atomic E-state index is 12.9. The molecule has 1 amide bonds. The molecule has 12 nitrogen and oxygen atoms in total. The predicted octanol–water partition coefficient (Wildman–Crippen LogP) is 3.57. The average Bonchev–Trinajstić information content (AvgIpc) is 3.08. The van der Waals surface area contributed by atoms with Gasteiger partial charge in [0.05, 0.1) is 21.5 Å². The van der Waals surface area contributed by atoms with Gasteiger partial charge in [-0.2, -0.15) is 0 Å². The Bertz CT molecular complexity index is 1200. The molecule has 0 radical (unpaired) electrons. The Hall–Kier alpha value is -4.61. The highest BCUT2D eigenvalue weighted by Crippen LogP contribution is 2.40. The normalized spacial score (nSPS) is 16.9. The highest BCUT2D eigenvalue weighted by atomic mass is 16.6. The van der Waals surface area contributed by atoms with E-state index in [9.17, 15) is 39.7 Å². The molecule has 0 saturated carbocycles. The number of nitrogens with zero attached hydrogens (tertiary/aromatic N) is 3. The fourth-order valence-corrected chi connectivity index (χ4v) is 3.87. The molecular weight excluding hydrogens is 462 g/mol. The van der Waals surface area contributed by atoms with Crippen molar-refractivity contribution < 1.29 is 34.4 Å². The Kier molecular flexibility index (Phi) is 7.54. The number of carboxylic acid groups (broad SMARTS) is 1. The molecule has 2 N–H and O–H groups in total. The number of rotatable bonds is 10. The van der Waals surface area contributed by atoms with E-state index in [0.717, 1.165) is 12.1 Å². The molecule has 1 aliphatic rings. The Balaban J connectivity index is 2.01. The zero-order chi connectivity index (χ0) is 25.7. The van der Waals surface area contributed by atoms with Crippen LogP contribution in [0.4, 0.5) is 11.4 Å². The zero-order valence-corrected chi connectivity index (χ0v) is 18.3. The highest BCUT2D eigenvalue weighted by molar-refractivity contribution is 6.46. The second-order valence-electron chi connectivity index (χ2n) is 7.85. The van der Waals surface area contributed by atoms with Gasteiger partial charge >= 0.3 is 5.97 Å². The van der Waals surface area contributed by atoms with Crippen LogP contribution in [-0.2, 0) is 14.4 Å². The fourth-order valence-electron chi connectivity index (χ4n) is 3.87. The maximum absolute atomic E-state index is 12.9. The van der Waals surface area contributed by atoms with Crippen molar-refractivity contribution in [1.82, 2.24) is 4.90 Å². The van der Waals surface area contributed by atoms with Crippen molar-refractivity contribution in [3.05, 3.63) is 85.5 Å². The molecular formula is C23H21N3O9. The van der Waals surface area contributed by atoms with E-state index in [1.807, 2.05) is 0 Å². The van der Waals surface area contributed by atoms with Crippen LogP contribution >= 0.6 is 0 Å². The summed E-state index contributed by atoms with van der Waals surface area (Å²) >= 11 is 0. The second-order valence-corrected chi connectivity index (χ2v) is 7.85. The first-order chi connectivity index (χ1) is 16.6. The van der Waals surface area contributed by atoms with E-state index < -0.39 is 39.3 Å². The molecule has 3 rings (SSSR count). The first kappa shape index (κ1) is 25.0. The number of ketones is 1. The van der Waals surface area contributed by atoms with E-state index in [2.05, 4.69) is 0 Å². The largest absolute Gasteiger partial charge is 0.507 e. The number of carboxylic acids is 1. The quantitative estimate of drug-likeness (QED) is 0.127. The van der Waals surface area contributed by atoms with Gasteiger partial charge in [0.2, 0.25) is 0 Å². The molecule has 0 bridgehead atoms. The number of carbonyl (C=O) groups is 3. The minimum absolute atomic E-state index is 0.0370. The van der Waals surface area contributed by atoms with E-state index >= 15 is 0 Å². The molecule has 0 unspecified atom stereocenters. The van der Waals surface area contributed by atoms with Gasteiger partial charge in [0.1, 0.15) is 5.76 Å². The number of aliphatic hydroxyl groups is 1. The molecule has 1 fully saturated rings. The van der Waals surface area contributed by atoms with Crippen molar-refractivity contribution in [3.63, 3.8) is 0 Å². The lowest BCUT2D eigenvalue weighted by atomic mass is 9.95. The fraction of sp³-hybridized carbons (Fsp3) is 0.261. The van der Waals surface area contributed by atoms with E-state index in [0.29, 0.717) is 24.8 Å². The van der Waals surface area contributed by atoms with Crippen LogP contribution < -0.4 is 0 Å². The molecule has 1 atom stereocenters. The van der Waals surface area contributed by atoms with Crippen LogP contribution in [-0.4, -0.2) is 49.2 Å². The van der Waals surface area contributed by atoms with Gasteiger partial charge in [-0.15, -0.1) is 0 Å². The molecule has 0 aromatic heterocycles. The molecule has 2 aromatic carbocycles. The maximum Gasteiger partial charge on any atom is 0.303 e. The number of non-ortho nitro benzene ring substituents is 2. The minimum atomic E-state index is -1.05. The number of carbonyl (C=O) groups excluding carboxylic acids is 2. The molecule has 0 aliphatic carbocycles. The van der Waals surface area contributed by atoms with Crippen molar-refractivity contribution in [2.45, 2.75) is 31.7 Å². The first-order valence-electron chi connectivity index (χ1n) is 10.6. The van der Waals surface area contributed by atoms with Crippen molar-refractivity contribution in [3.8, 4) is 0 Å². The Morgan fingerprint density at radius 2 is 1.40 bits per heavy atom. The number of nitro benzene ring substituents is 2. The number of hydrogen-bond donors (Lipinski definition) is 2. The number of likely N-dealkylation sites (tertiary alicyclic amines) is 1. The number of unbranched alkanes of at least 4 members (excludes halogenated alkanes) is 2. The lowest BCUT2D eigenvalue weighted by molar-refractivity contribution is -0.385. The number of Topliss-reactive ketones (excluding diaryl/α,β-unsaturated/α-hetero) is 1. The van der Waals surface area contributed by atoms with Crippen molar-refractivity contribution >= 4 is 34.8 Å². The van der Waals surface area contributed by atoms with Crippen LogP contribution in [0, 0.1) is 20.2 Å². The third kappa shape index (κ3) is 5.49. The molecule has 2 aromatic rings. The predicted molar refractivity (Wildman–Crippen MR) is 121 cm³/mol. The third-order valence-electron chi connectivity index (χ3n) is 5.60. The van der Waals surface area contributed by atoms with Crippen LogP contribution in [0.5, 0.6) is 0 Å². The third-order valence-corrected chi connectivity index (χ3v) is 5.60. The smallest absolute Gasteiger partial charge is 0.303 e. The van der Waals surface area contributed by atoms with Crippen molar-refractivity contribution in [2.75, 3.05) is 6.54 Å². The summed E-state index contributed by atoms with van der Waals surface area (Å²) in [5, 5.41) is 41.7.